The summed E-state index contributed by atoms with van der Waals surface area (Å²) in [6.45, 7) is 15.5. The van der Waals surface area contributed by atoms with E-state index in [-0.39, 0.29) is 40.1 Å². The van der Waals surface area contributed by atoms with Crippen LogP contribution in [0, 0.1) is 51.8 Å². The van der Waals surface area contributed by atoms with Gasteiger partial charge in [-0.15, -0.1) is 0 Å². The number of rotatable bonds is 5. The fraction of sp³-hybridized carbons (Fsp3) is 1.00. The molecule has 4 saturated carbocycles. The van der Waals surface area contributed by atoms with Gasteiger partial charge in [0, 0.05) is 0 Å². The molecule has 1 unspecified atom stereocenters. The summed E-state index contributed by atoms with van der Waals surface area (Å²) >= 11 is 0. The molecule has 0 amide bonds. The van der Waals surface area contributed by atoms with Crippen LogP contribution in [-0.4, -0.2) is 44.3 Å². The van der Waals surface area contributed by atoms with E-state index in [1.54, 1.807) is 0 Å². The van der Waals surface area contributed by atoms with E-state index in [2.05, 4.69) is 41.5 Å². The molecule has 0 aromatic heterocycles. The Hall–Kier alpha value is -0.160. The molecular weight excluding hydrogens is 412 g/mol. The first-order valence-electron chi connectivity index (χ1n) is 13.9. The fourth-order valence-corrected chi connectivity index (χ4v) is 10.1. The molecule has 0 aromatic carbocycles. The van der Waals surface area contributed by atoms with E-state index in [0.717, 1.165) is 57.8 Å². The van der Waals surface area contributed by atoms with Crippen LogP contribution in [0.3, 0.4) is 0 Å². The number of hydrogen-bond acceptors (Lipinski definition) is 4. The average molecular weight is 465 g/mol. The highest BCUT2D eigenvalue weighted by Gasteiger charge is 2.68. The zero-order valence-electron chi connectivity index (χ0n) is 22.3. The molecule has 0 saturated heterocycles. The second-order valence-electron chi connectivity index (χ2n) is 14.5. The minimum absolute atomic E-state index is 0.0514. The molecule has 0 aromatic rings. The van der Waals surface area contributed by atoms with Crippen molar-refractivity contribution in [3.05, 3.63) is 0 Å². The van der Waals surface area contributed by atoms with Gasteiger partial charge in [0.05, 0.1) is 23.9 Å². The van der Waals surface area contributed by atoms with Crippen molar-refractivity contribution >= 4 is 0 Å². The van der Waals surface area contributed by atoms with Gasteiger partial charge in [0.15, 0.2) is 0 Å². The molecule has 0 spiro atoms. The van der Waals surface area contributed by atoms with E-state index >= 15 is 0 Å². The minimum Gasteiger partial charge on any atom is -0.393 e. The Morgan fingerprint density at radius 3 is 2.09 bits per heavy atom. The van der Waals surface area contributed by atoms with Crippen molar-refractivity contribution in [1.29, 1.82) is 0 Å². The van der Waals surface area contributed by atoms with Gasteiger partial charge in [0.25, 0.3) is 0 Å². The third kappa shape index (κ3) is 3.94. The molecule has 4 nitrogen and oxygen atoms in total. The molecule has 0 bridgehead atoms. The molecule has 0 aliphatic heterocycles. The van der Waals surface area contributed by atoms with Gasteiger partial charge in [-0.1, -0.05) is 54.4 Å². The van der Waals surface area contributed by atoms with Gasteiger partial charge in [-0.3, -0.25) is 0 Å². The zero-order valence-corrected chi connectivity index (χ0v) is 22.3. The van der Waals surface area contributed by atoms with Crippen molar-refractivity contribution in [2.45, 2.75) is 130 Å². The van der Waals surface area contributed by atoms with Crippen LogP contribution in [0.1, 0.15) is 106 Å². The highest BCUT2D eigenvalue weighted by atomic mass is 16.3. The molecule has 4 aliphatic rings. The van der Waals surface area contributed by atoms with Gasteiger partial charge < -0.3 is 20.4 Å². The van der Waals surface area contributed by atoms with Crippen molar-refractivity contribution in [3.63, 3.8) is 0 Å². The van der Waals surface area contributed by atoms with Gasteiger partial charge >= 0.3 is 0 Å². The first-order chi connectivity index (χ1) is 15.2. The van der Waals surface area contributed by atoms with Crippen molar-refractivity contribution in [1.82, 2.24) is 0 Å². The highest BCUT2D eigenvalue weighted by molar-refractivity contribution is 5.17. The van der Waals surface area contributed by atoms with Crippen molar-refractivity contribution in [2.75, 3.05) is 0 Å². The van der Waals surface area contributed by atoms with Gasteiger partial charge in [-0.25, -0.2) is 0 Å². The van der Waals surface area contributed by atoms with E-state index in [9.17, 15) is 20.4 Å². The average Bonchev–Trinajstić information content (AvgIpc) is 3.06. The molecular formula is C29H52O4. The van der Waals surface area contributed by atoms with E-state index in [1.807, 2.05) is 6.92 Å². The van der Waals surface area contributed by atoms with Crippen molar-refractivity contribution in [3.8, 4) is 0 Å². The van der Waals surface area contributed by atoms with Crippen LogP contribution in [0.2, 0.25) is 0 Å². The van der Waals surface area contributed by atoms with Gasteiger partial charge in [0.2, 0.25) is 0 Å². The van der Waals surface area contributed by atoms with E-state index in [1.165, 1.54) is 0 Å². The van der Waals surface area contributed by atoms with Crippen LogP contribution >= 0.6 is 0 Å². The molecule has 4 aliphatic carbocycles. The first-order valence-corrected chi connectivity index (χ1v) is 13.9. The predicted molar refractivity (Wildman–Crippen MR) is 132 cm³/mol. The number of hydrogen-bond donors (Lipinski definition) is 4. The lowest BCUT2D eigenvalue weighted by Crippen LogP contribution is -2.66. The van der Waals surface area contributed by atoms with E-state index in [0.29, 0.717) is 17.8 Å². The third-order valence-electron chi connectivity index (χ3n) is 11.7. The monoisotopic (exact) mass is 464 g/mol. The standard InChI is InChI=1S/C29H52O4/c1-17(2)9-8-12-29(7,33)18-10-13-27(5)19-16-22(31)25-26(3,4)23(32)11-14-28(25,6)20(19)15-21(30)24(18)27/h17-25,30-33H,8-16H2,1-7H3/t18-,19+,20-,21+,22-,23-,24-,25?,27+,28+,29-/m0/s1. The molecule has 4 heteroatoms. The lowest BCUT2D eigenvalue weighted by Gasteiger charge is -2.67. The van der Waals surface area contributed by atoms with Crippen LogP contribution < -0.4 is 0 Å². The quantitative estimate of drug-likeness (QED) is 0.453. The van der Waals surface area contributed by atoms with Crippen LogP contribution in [0.4, 0.5) is 0 Å². The third-order valence-corrected chi connectivity index (χ3v) is 11.7. The second-order valence-corrected chi connectivity index (χ2v) is 14.5. The summed E-state index contributed by atoms with van der Waals surface area (Å²) < 4.78 is 0. The Morgan fingerprint density at radius 1 is 0.879 bits per heavy atom. The Kier molecular flexibility index (Phi) is 6.64. The molecule has 4 fully saturated rings. The Bertz CT molecular complexity index is 716. The minimum atomic E-state index is -0.748. The van der Waals surface area contributed by atoms with E-state index in [4.69, 9.17) is 0 Å². The topological polar surface area (TPSA) is 80.9 Å². The maximum Gasteiger partial charge on any atom is 0.0651 e. The zero-order chi connectivity index (χ0) is 24.6. The summed E-state index contributed by atoms with van der Waals surface area (Å²) in [6, 6.07) is 0. The van der Waals surface area contributed by atoms with Crippen LogP contribution in [-0.2, 0) is 0 Å². The smallest absolute Gasteiger partial charge is 0.0651 e. The van der Waals surface area contributed by atoms with Crippen LogP contribution in [0.25, 0.3) is 0 Å². The summed E-state index contributed by atoms with van der Waals surface area (Å²) in [6.07, 6.45) is 7.00. The van der Waals surface area contributed by atoms with Crippen LogP contribution in [0.15, 0.2) is 0 Å². The lowest BCUT2D eigenvalue weighted by molar-refractivity contribution is -0.241. The van der Waals surface area contributed by atoms with E-state index < -0.39 is 17.8 Å². The second kappa shape index (κ2) is 8.46. The molecule has 192 valence electrons. The summed E-state index contributed by atoms with van der Waals surface area (Å²) in [5.41, 5.74) is -1.19. The number of aliphatic hydroxyl groups excluding tert-OH is 3. The van der Waals surface area contributed by atoms with Gasteiger partial charge in [-0.2, -0.15) is 0 Å². The van der Waals surface area contributed by atoms with Crippen molar-refractivity contribution in [2.24, 2.45) is 51.8 Å². The van der Waals surface area contributed by atoms with Gasteiger partial charge in [-0.05, 0) is 104 Å². The summed E-state index contributed by atoms with van der Waals surface area (Å²) in [5.74, 6) is 1.65. The molecule has 4 rings (SSSR count). The molecule has 11 atom stereocenters. The number of fused-ring (bicyclic) bond motifs is 5. The Balaban J connectivity index is 1.62. The largest absolute Gasteiger partial charge is 0.393 e. The van der Waals surface area contributed by atoms with Gasteiger partial charge in [0.1, 0.15) is 0 Å². The van der Waals surface area contributed by atoms with Crippen molar-refractivity contribution < 1.29 is 20.4 Å². The number of aliphatic hydroxyl groups is 4. The lowest BCUT2D eigenvalue weighted by atomic mass is 9.39. The predicted octanol–water partition coefficient (Wildman–Crippen LogP) is 5.16. The molecule has 4 N–H and O–H groups in total. The fourth-order valence-electron chi connectivity index (χ4n) is 10.1. The molecule has 0 radical (unpaired) electrons. The SMILES string of the molecule is CC(C)CCC[C@](C)(O)[C@H]1CC[C@@]2(C)[C@@H]1[C@H](O)C[C@H]1[C@H]2C[C@H](O)C2C(C)(C)[C@@H](O)CC[C@@]21C. The first kappa shape index (κ1) is 25.9. The summed E-state index contributed by atoms with van der Waals surface area (Å²) in [5, 5.41) is 45.6. The summed E-state index contributed by atoms with van der Waals surface area (Å²) in [4.78, 5) is 0. The van der Waals surface area contributed by atoms with Crippen LogP contribution in [0.5, 0.6) is 0 Å². The summed E-state index contributed by atoms with van der Waals surface area (Å²) in [7, 11) is 0. The normalized spacial score (nSPS) is 50.9. The Labute approximate surface area is 202 Å². The maximum absolute atomic E-state index is 11.7. The molecule has 0 heterocycles. The highest BCUT2D eigenvalue weighted by Crippen LogP contribution is 2.71. The molecule has 33 heavy (non-hydrogen) atoms. The Morgan fingerprint density at radius 2 is 1.45 bits per heavy atom. The maximum atomic E-state index is 11.7.